The molecule has 2 atom stereocenters. The Morgan fingerprint density at radius 2 is 1.89 bits per heavy atom. The van der Waals surface area contributed by atoms with Crippen LogP contribution in [0.15, 0.2) is 24.3 Å². The topological polar surface area (TPSA) is 69.9 Å². The smallest absolute Gasteiger partial charge is 0.239 e. The van der Waals surface area contributed by atoms with E-state index >= 15 is 0 Å². The fourth-order valence-corrected chi connectivity index (χ4v) is 4.39. The van der Waals surface area contributed by atoms with Gasteiger partial charge >= 0.3 is 0 Å². The van der Waals surface area contributed by atoms with Crippen LogP contribution in [0.25, 0.3) is 0 Å². The van der Waals surface area contributed by atoms with E-state index in [1.54, 1.807) is 0 Å². The largest absolute Gasteiger partial charge is 0.369 e. The van der Waals surface area contributed by atoms with Gasteiger partial charge in [-0.1, -0.05) is 24.3 Å². The van der Waals surface area contributed by atoms with Crippen molar-refractivity contribution in [2.75, 3.05) is 39.3 Å². The minimum absolute atomic E-state index is 0.137. The van der Waals surface area contributed by atoms with Crippen LogP contribution in [0.1, 0.15) is 37.3 Å². The first-order valence-corrected chi connectivity index (χ1v) is 10.5. The van der Waals surface area contributed by atoms with Crippen molar-refractivity contribution in [3.8, 4) is 0 Å². The molecule has 6 heteroatoms. The minimum atomic E-state index is -0.285. The van der Waals surface area contributed by atoms with Crippen molar-refractivity contribution in [3.05, 3.63) is 35.4 Å². The highest BCUT2D eigenvalue weighted by atomic mass is 16.2. The van der Waals surface area contributed by atoms with Crippen molar-refractivity contribution in [2.45, 2.75) is 45.7 Å². The first kappa shape index (κ1) is 20.8. The molecule has 2 aliphatic heterocycles. The second-order valence-electron chi connectivity index (χ2n) is 8.29. The van der Waals surface area contributed by atoms with Crippen molar-refractivity contribution in [1.82, 2.24) is 14.7 Å². The summed E-state index contributed by atoms with van der Waals surface area (Å²) in [5.74, 6) is -0.344. The summed E-state index contributed by atoms with van der Waals surface area (Å²) in [6, 6.07) is 8.41. The highest BCUT2D eigenvalue weighted by Gasteiger charge is 2.32. The van der Waals surface area contributed by atoms with Crippen molar-refractivity contribution < 1.29 is 9.59 Å². The molecule has 0 spiro atoms. The highest BCUT2D eigenvalue weighted by molar-refractivity contribution is 5.83. The van der Waals surface area contributed by atoms with E-state index in [1.165, 1.54) is 11.1 Å². The molecule has 0 aliphatic carbocycles. The Hall–Kier alpha value is -1.92. The molecule has 2 saturated heterocycles. The average molecular weight is 387 g/mol. The molecule has 2 unspecified atom stereocenters. The molecule has 1 aromatic carbocycles. The highest BCUT2D eigenvalue weighted by Crippen LogP contribution is 2.19. The Morgan fingerprint density at radius 3 is 2.64 bits per heavy atom. The van der Waals surface area contributed by atoms with E-state index in [2.05, 4.69) is 41.0 Å². The van der Waals surface area contributed by atoms with Crippen molar-refractivity contribution in [2.24, 2.45) is 11.7 Å². The summed E-state index contributed by atoms with van der Waals surface area (Å²) in [6.45, 7) is 10.2. The molecule has 28 heavy (non-hydrogen) atoms. The van der Waals surface area contributed by atoms with Crippen molar-refractivity contribution in [3.63, 3.8) is 0 Å². The lowest BCUT2D eigenvalue weighted by Crippen LogP contribution is -2.52. The van der Waals surface area contributed by atoms with Gasteiger partial charge in [-0.3, -0.25) is 19.4 Å². The molecule has 2 N–H and O–H groups in total. The third kappa shape index (κ3) is 5.11. The third-order valence-corrected chi connectivity index (χ3v) is 6.32. The summed E-state index contributed by atoms with van der Waals surface area (Å²) >= 11 is 0. The number of primary amides is 1. The number of rotatable bonds is 5. The Bertz CT molecular complexity index is 693. The lowest BCUT2D eigenvalue weighted by molar-refractivity contribution is -0.139. The maximum Gasteiger partial charge on any atom is 0.239 e. The zero-order valence-corrected chi connectivity index (χ0v) is 17.3. The normalized spacial score (nSPS) is 23.2. The summed E-state index contributed by atoms with van der Waals surface area (Å²) in [6.07, 6.45) is 2.72. The summed E-state index contributed by atoms with van der Waals surface area (Å²) in [5, 5.41) is 0. The SMILES string of the molecule is Cc1ccccc1CN1CCCN(C(C)C(=O)N2CCCC(C(N)=O)C2)CC1. The van der Waals surface area contributed by atoms with Gasteiger partial charge in [-0.15, -0.1) is 0 Å². The zero-order chi connectivity index (χ0) is 20.1. The Labute approximate surface area is 168 Å². The van der Waals surface area contributed by atoms with E-state index in [1.807, 2.05) is 11.8 Å². The maximum atomic E-state index is 13.0. The van der Waals surface area contributed by atoms with Gasteiger partial charge in [0.15, 0.2) is 0 Å². The van der Waals surface area contributed by atoms with Crippen molar-refractivity contribution in [1.29, 1.82) is 0 Å². The van der Waals surface area contributed by atoms with E-state index in [-0.39, 0.29) is 23.8 Å². The molecule has 0 radical (unpaired) electrons. The predicted molar refractivity (Wildman–Crippen MR) is 111 cm³/mol. The third-order valence-electron chi connectivity index (χ3n) is 6.32. The van der Waals surface area contributed by atoms with Crippen LogP contribution in [0.3, 0.4) is 0 Å². The van der Waals surface area contributed by atoms with Crippen LogP contribution in [0, 0.1) is 12.8 Å². The number of nitrogens with zero attached hydrogens (tertiary/aromatic N) is 3. The van der Waals surface area contributed by atoms with E-state index in [9.17, 15) is 9.59 Å². The van der Waals surface area contributed by atoms with Crippen LogP contribution >= 0.6 is 0 Å². The van der Waals surface area contributed by atoms with Crippen LogP contribution in [0.4, 0.5) is 0 Å². The number of likely N-dealkylation sites (tertiary alicyclic amines) is 1. The maximum absolute atomic E-state index is 13.0. The predicted octanol–water partition coefficient (Wildman–Crippen LogP) is 1.62. The van der Waals surface area contributed by atoms with Gasteiger partial charge in [-0.2, -0.15) is 0 Å². The first-order chi connectivity index (χ1) is 13.5. The molecule has 0 bridgehead atoms. The van der Waals surface area contributed by atoms with Gasteiger partial charge in [0.2, 0.25) is 11.8 Å². The Balaban J connectivity index is 1.55. The molecule has 3 rings (SSSR count). The van der Waals surface area contributed by atoms with E-state index < -0.39 is 0 Å². The number of nitrogens with two attached hydrogens (primary N) is 1. The first-order valence-electron chi connectivity index (χ1n) is 10.5. The summed E-state index contributed by atoms with van der Waals surface area (Å²) < 4.78 is 0. The number of aryl methyl sites for hydroxylation is 1. The molecule has 154 valence electrons. The quantitative estimate of drug-likeness (QED) is 0.835. The zero-order valence-electron chi connectivity index (χ0n) is 17.3. The number of hydrogen-bond donors (Lipinski definition) is 1. The molecule has 2 heterocycles. The number of carbonyl (C=O) groups is 2. The van der Waals surface area contributed by atoms with Gasteiger partial charge in [0, 0.05) is 39.3 Å². The monoisotopic (exact) mass is 386 g/mol. The molecule has 0 aromatic heterocycles. The summed E-state index contributed by atoms with van der Waals surface area (Å²) in [7, 11) is 0. The van der Waals surface area contributed by atoms with Gasteiger partial charge in [0.1, 0.15) is 0 Å². The Kier molecular flexibility index (Phi) is 7.08. The van der Waals surface area contributed by atoms with Crippen LogP contribution in [-0.4, -0.2) is 71.8 Å². The molecule has 6 nitrogen and oxygen atoms in total. The summed E-state index contributed by atoms with van der Waals surface area (Å²) in [5.41, 5.74) is 8.18. The van der Waals surface area contributed by atoms with Gasteiger partial charge in [0.05, 0.1) is 12.0 Å². The molecule has 0 saturated carbocycles. The molecule has 2 aliphatic rings. The second-order valence-corrected chi connectivity index (χ2v) is 8.29. The van der Waals surface area contributed by atoms with Gasteiger partial charge in [-0.25, -0.2) is 0 Å². The molecular formula is C22H34N4O2. The lowest BCUT2D eigenvalue weighted by Gasteiger charge is -2.36. The summed E-state index contributed by atoms with van der Waals surface area (Å²) in [4.78, 5) is 31.2. The average Bonchev–Trinajstić information content (AvgIpc) is 2.94. The second kappa shape index (κ2) is 9.52. The van der Waals surface area contributed by atoms with Crippen LogP contribution < -0.4 is 5.73 Å². The van der Waals surface area contributed by atoms with E-state index in [0.29, 0.717) is 6.54 Å². The van der Waals surface area contributed by atoms with Crippen LogP contribution in [-0.2, 0) is 16.1 Å². The number of amides is 2. The number of carbonyl (C=O) groups excluding carboxylic acids is 2. The van der Waals surface area contributed by atoms with Gasteiger partial charge in [0.25, 0.3) is 0 Å². The van der Waals surface area contributed by atoms with E-state index in [4.69, 9.17) is 5.73 Å². The van der Waals surface area contributed by atoms with Crippen LogP contribution in [0.2, 0.25) is 0 Å². The molecular weight excluding hydrogens is 352 g/mol. The van der Waals surface area contributed by atoms with E-state index in [0.717, 1.165) is 58.5 Å². The number of hydrogen-bond acceptors (Lipinski definition) is 4. The number of piperidine rings is 1. The fraction of sp³-hybridized carbons (Fsp3) is 0.636. The fourth-order valence-electron chi connectivity index (χ4n) is 4.39. The molecule has 1 aromatic rings. The molecule has 2 fully saturated rings. The minimum Gasteiger partial charge on any atom is -0.369 e. The molecule has 2 amide bonds. The van der Waals surface area contributed by atoms with Crippen molar-refractivity contribution >= 4 is 11.8 Å². The van der Waals surface area contributed by atoms with Gasteiger partial charge in [-0.05, 0) is 50.8 Å². The van der Waals surface area contributed by atoms with Crippen LogP contribution in [0.5, 0.6) is 0 Å². The lowest BCUT2D eigenvalue weighted by atomic mass is 9.97. The Morgan fingerprint density at radius 1 is 1.11 bits per heavy atom. The number of benzene rings is 1. The standard InChI is InChI=1S/C22H34N4O2/c1-17-7-3-4-8-19(17)15-24-10-6-12-25(14-13-24)18(2)22(28)26-11-5-9-20(16-26)21(23)27/h3-4,7-8,18,20H,5-6,9-16H2,1-2H3,(H2,23,27). The van der Waals surface area contributed by atoms with Gasteiger partial charge < -0.3 is 10.6 Å².